The summed E-state index contributed by atoms with van der Waals surface area (Å²) in [5.41, 5.74) is 4.88. The zero-order valence-electron chi connectivity index (χ0n) is 18.3. The minimum Gasteiger partial charge on any atom is -0.493 e. The molecular weight excluding hydrogens is 378 g/mol. The van der Waals surface area contributed by atoms with Crippen LogP contribution in [0.5, 0.6) is 11.5 Å². The maximum absolute atomic E-state index is 13.2. The lowest BCUT2D eigenvalue weighted by Gasteiger charge is -2.44. The number of hydrogen-bond acceptors (Lipinski definition) is 5. The zero-order chi connectivity index (χ0) is 21.3. The molecule has 0 unspecified atom stereocenters. The van der Waals surface area contributed by atoms with Crippen LogP contribution in [-0.4, -0.2) is 36.7 Å². The van der Waals surface area contributed by atoms with Crippen molar-refractivity contribution in [3.05, 3.63) is 46.3 Å². The van der Waals surface area contributed by atoms with E-state index in [4.69, 9.17) is 9.47 Å². The van der Waals surface area contributed by atoms with Gasteiger partial charge in [-0.25, -0.2) is 0 Å². The Balaban J connectivity index is 1.92. The molecule has 0 fully saturated rings. The van der Waals surface area contributed by atoms with Crippen LogP contribution < -0.4 is 9.47 Å². The predicted molar refractivity (Wildman–Crippen MR) is 116 cm³/mol. The van der Waals surface area contributed by atoms with Gasteiger partial charge in [-0.3, -0.25) is 9.59 Å². The Morgan fingerprint density at radius 1 is 0.933 bits per heavy atom. The van der Waals surface area contributed by atoms with Gasteiger partial charge in [0.25, 0.3) is 0 Å². The molecule has 0 saturated carbocycles. The SMILES string of the molecule is CCCN1C2=C(C(=O)CCC2)C(c2ccc(OC)c(OCC)c2)C2=C1CCCC2=O. The second kappa shape index (κ2) is 8.66. The molecule has 0 bridgehead atoms. The third kappa shape index (κ3) is 3.44. The van der Waals surface area contributed by atoms with E-state index in [0.717, 1.165) is 66.8 Å². The number of carbonyl (C=O) groups is 2. The number of Topliss-reactive ketones (excluding diaryl/α,β-unsaturated/α-hetero) is 2. The number of carbonyl (C=O) groups excluding carboxylic acids is 2. The lowest BCUT2D eigenvalue weighted by atomic mass is 9.71. The molecule has 0 spiro atoms. The van der Waals surface area contributed by atoms with Gasteiger partial charge in [-0.1, -0.05) is 13.0 Å². The molecule has 0 aromatic heterocycles. The third-order valence-electron chi connectivity index (χ3n) is 6.35. The molecule has 1 heterocycles. The molecule has 160 valence electrons. The van der Waals surface area contributed by atoms with E-state index in [9.17, 15) is 9.59 Å². The van der Waals surface area contributed by atoms with Gasteiger partial charge in [-0.15, -0.1) is 0 Å². The fourth-order valence-corrected chi connectivity index (χ4v) is 5.18. The normalized spacial score (nSPS) is 19.8. The summed E-state index contributed by atoms with van der Waals surface area (Å²) in [5.74, 6) is 1.39. The highest BCUT2D eigenvalue weighted by Gasteiger charge is 2.43. The van der Waals surface area contributed by atoms with Crippen molar-refractivity contribution in [3.8, 4) is 11.5 Å². The number of ether oxygens (including phenoxy) is 2. The standard InChI is InChI=1S/C25H31NO4/c1-4-14-26-17-8-6-10-19(27)24(17)23(25-18(26)9-7-11-20(25)28)16-12-13-21(29-3)22(15-16)30-5-2/h12-13,15,23H,4-11,14H2,1-3H3. The smallest absolute Gasteiger partial charge is 0.161 e. The van der Waals surface area contributed by atoms with Crippen molar-refractivity contribution >= 4 is 11.6 Å². The fraction of sp³-hybridized carbons (Fsp3) is 0.520. The van der Waals surface area contributed by atoms with Gasteiger partial charge >= 0.3 is 0 Å². The van der Waals surface area contributed by atoms with Crippen LogP contribution in [0.15, 0.2) is 40.7 Å². The van der Waals surface area contributed by atoms with Crippen LogP contribution in [0, 0.1) is 0 Å². The van der Waals surface area contributed by atoms with Gasteiger partial charge < -0.3 is 14.4 Å². The summed E-state index contributed by atoms with van der Waals surface area (Å²) < 4.78 is 11.3. The van der Waals surface area contributed by atoms with Gasteiger partial charge in [0.1, 0.15) is 0 Å². The monoisotopic (exact) mass is 409 g/mol. The maximum Gasteiger partial charge on any atom is 0.161 e. The first-order valence-corrected chi connectivity index (χ1v) is 11.2. The van der Waals surface area contributed by atoms with E-state index in [0.29, 0.717) is 30.9 Å². The topological polar surface area (TPSA) is 55.8 Å². The van der Waals surface area contributed by atoms with Crippen LogP contribution >= 0.6 is 0 Å². The maximum atomic E-state index is 13.2. The number of nitrogens with zero attached hydrogens (tertiary/aromatic N) is 1. The zero-order valence-corrected chi connectivity index (χ0v) is 18.3. The van der Waals surface area contributed by atoms with E-state index in [2.05, 4.69) is 11.8 Å². The Labute approximate surface area is 178 Å². The van der Waals surface area contributed by atoms with Crippen LogP contribution in [0.1, 0.15) is 70.3 Å². The summed E-state index contributed by atoms with van der Waals surface area (Å²) in [7, 11) is 1.62. The number of allylic oxidation sites excluding steroid dienone is 4. The lowest BCUT2D eigenvalue weighted by molar-refractivity contribution is -0.117. The molecule has 0 N–H and O–H groups in total. The highest BCUT2D eigenvalue weighted by atomic mass is 16.5. The third-order valence-corrected chi connectivity index (χ3v) is 6.35. The lowest BCUT2D eigenvalue weighted by Crippen LogP contribution is -2.39. The summed E-state index contributed by atoms with van der Waals surface area (Å²) in [6.07, 6.45) is 5.66. The van der Waals surface area contributed by atoms with E-state index in [1.165, 1.54) is 0 Å². The molecule has 2 aliphatic carbocycles. The van der Waals surface area contributed by atoms with E-state index >= 15 is 0 Å². The van der Waals surface area contributed by atoms with Crippen LogP contribution in [0.2, 0.25) is 0 Å². The van der Waals surface area contributed by atoms with Gasteiger partial charge in [0.05, 0.1) is 13.7 Å². The van der Waals surface area contributed by atoms with Gasteiger partial charge in [-0.2, -0.15) is 0 Å². The fourth-order valence-electron chi connectivity index (χ4n) is 5.18. The summed E-state index contributed by atoms with van der Waals surface area (Å²) in [6, 6.07) is 5.84. The number of ketones is 2. The molecule has 1 aromatic carbocycles. The molecule has 3 aliphatic rings. The van der Waals surface area contributed by atoms with Crippen molar-refractivity contribution in [1.29, 1.82) is 0 Å². The number of benzene rings is 1. The van der Waals surface area contributed by atoms with Gasteiger partial charge in [0.2, 0.25) is 0 Å². The Morgan fingerprint density at radius 3 is 2.10 bits per heavy atom. The summed E-state index contributed by atoms with van der Waals surface area (Å²) in [5, 5.41) is 0. The Kier molecular flexibility index (Phi) is 5.98. The van der Waals surface area contributed by atoms with Crippen LogP contribution in [-0.2, 0) is 9.59 Å². The first kappa shape index (κ1) is 20.7. The number of rotatable bonds is 6. The van der Waals surface area contributed by atoms with E-state index in [1.807, 2.05) is 25.1 Å². The van der Waals surface area contributed by atoms with Crippen LogP contribution in [0.4, 0.5) is 0 Å². The van der Waals surface area contributed by atoms with Crippen LogP contribution in [0.25, 0.3) is 0 Å². The van der Waals surface area contributed by atoms with Gasteiger partial charge in [0, 0.05) is 47.8 Å². The minimum atomic E-state index is -0.297. The molecule has 0 radical (unpaired) electrons. The first-order valence-electron chi connectivity index (χ1n) is 11.2. The average molecular weight is 410 g/mol. The van der Waals surface area contributed by atoms with Crippen molar-refractivity contribution < 1.29 is 19.1 Å². The van der Waals surface area contributed by atoms with Crippen molar-refractivity contribution in [1.82, 2.24) is 4.90 Å². The van der Waals surface area contributed by atoms with Crippen molar-refractivity contribution in [2.24, 2.45) is 0 Å². The molecule has 30 heavy (non-hydrogen) atoms. The molecule has 1 aliphatic heterocycles. The van der Waals surface area contributed by atoms with E-state index in [-0.39, 0.29) is 17.5 Å². The Morgan fingerprint density at radius 2 is 1.57 bits per heavy atom. The summed E-state index contributed by atoms with van der Waals surface area (Å²) in [4.78, 5) is 28.7. The average Bonchev–Trinajstić information content (AvgIpc) is 2.75. The minimum absolute atomic E-state index is 0.182. The second-order valence-corrected chi connectivity index (χ2v) is 8.20. The van der Waals surface area contributed by atoms with Crippen molar-refractivity contribution in [2.75, 3.05) is 20.3 Å². The van der Waals surface area contributed by atoms with Gasteiger partial charge in [0.15, 0.2) is 23.1 Å². The molecule has 5 heteroatoms. The summed E-state index contributed by atoms with van der Waals surface area (Å²) in [6.45, 7) is 5.47. The van der Waals surface area contributed by atoms with Crippen LogP contribution in [0.3, 0.4) is 0 Å². The quantitative estimate of drug-likeness (QED) is 0.668. The molecule has 0 atom stereocenters. The molecular formula is C25H31NO4. The van der Waals surface area contributed by atoms with E-state index in [1.54, 1.807) is 7.11 Å². The largest absolute Gasteiger partial charge is 0.493 e. The predicted octanol–water partition coefficient (Wildman–Crippen LogP) is 4.92. The first-order chi connectivity index (χ1) is 14.6. The molecule has 0 amide bonds. The number of methoxy groups -OCH3 is 1. The van der Waals surface area contributed by atoms with Crippen molar-refractivity contribution in [3.63, 3.8) is 0 Å². The highest BCUT2D eigenvalue weighted by molar-refractivity contribution is 6.06. The Hall–Kier alpha value is -2.56. The Bertz CT molecular complexity index is 883. The summed E-state index contributed by atoms with van der Waals surface area (Å²) >= 11 is 0. The number of hydrogen-bond donors (Lipinski definition) is 0. The second-order valence-electron chi connectivity index (χ2n) is 8.20. The molecule has 4 rings (SSSR count). The molecule has 1 aromatic rings. The van der Waals surface area contributed by atoms with Gasteiger partial charge in [-0.05, 0) is 56.7 Å². The van der Waals surface area contributed by atoms with E-state index < -0.39 is 0 Å². The molecule has 5 nitrogen and oxygen atoms in total. The molecule has 0 saturated heterocycles. The van der Waals surface area contributed by atoms with Crippen molar-refractivity contribution in [2.45, 2.75) is 64.7 Å². The highest BCUT2D eigenvalue weighted by Crippen LogP contribution is 2.50.